The van der Waals surface area contributed by atoms with E-state index in [-0.39, 0.29) is 22.0 Å². The summed E-state index contributed by atoms with van der Waals surface area (Å²) in [7, 11) is 1.62. The van der Waals surface area contributed by atoms with Crippen LogP contribution in [0.25, 0.3) is 0 Å². The van der Waals surface area contributed by atoms with Gasteiger partial charge in [0, 0.05) is 24.5 Å². The van der Waals surface area contributed by atoms with E-state index in [4.69, 9.17) is 4.74 Å². The van der Waals surface area contributed by atoms with Crippen molar-refractivity contribution in [2.75, 3.05) is 20.3 Å². The maximum absolute atomic E-state index is 11.6. The molecular weight excluding hydrogens is 290 g/mol. The number of carbonyl (C=O) groups excluding carboxylic acids is 1. The van der Waals surface area contributed by atoms with Gasteiger partial charge in [0.05, 0.1) is 6.61 Å². The van der Waals surface area contributed by atoms with E-state index in [1.165, 1.54) is 12.1 Å². The standard InChI is InChI=1S/C10H14BrN3O3/c1-17-6-7(11)4-5-12-10(16)8-2-3-9(15)14-13-8/h2-3,7H,4-6H2,1H3,(H,12,16)(H,14,15). The van der Waals surface area contributed by atoms with Gasteiger partial charge in [0.15, 0.2) is 0 Å². The number of H-pyrrole nitrogens is 1. The Morgan fingerprint density at radius 3 is 3.00 bits per heavy atom. The van der Waals surface area contributed by atoms with E-state index >= 15 is 0 Å². The molecule has 1 heterocycles. The van der Waals surface area contributed by atoms with Gasteiger partial charge in [-0.15, -0.1) is 0 Å². The van der Waals surface area contributed by atoms with Gasteiger partial charge in [0.2, 0.25) is 0 Å². The maximum atomic E-state index is 11.6. The molecule has 0 fully saturated rings. The molecule has 0 aliphatic carbocycles. The molecule has 7 heteroatoms. The first-order chi connectivity index (χ1) is 8.13. The molecule has 0 aliphatic heterocycles. The van der Waals surface area contributed by atoms with E-state index in [0.717, 1.165) is 6.42 Å². The summed E-state index contributed by atoms with van der Waals surface area (Å²) in [5.41, 5.74) is -0.135. The third-order valence-electron chi connectivity index (χ3n) is 2.00. The largest absolute Gasteiger partial charge is 0.384 e. The van der Waals surface area contributed by atoms with Crippen molar-refractivity contribution in [1.82, 2.24) is 15.5 Å². The van der Waals surface area contributed by atoms with Crippen LogP contribution in [0.3, 0.4) is 0 Å². The van der Waals surface area contributed by atoms with Crippen molar-refractivity contribution in [3.05, 3.63) is 28.2 Å². The Kier molecular flexibility index (Phi) is 5.85. The molecule has 1 aromatic heterocycles. The predicted molar refractivity (Wildman–Crippen MR) is 66.4 cm³/mol. The molecule has 0 bridgehead atoms. The fourth-order valence-corrected chi connectivity index (χ4v) is 1.66. The zero-order valence-electron chi connectivity index (χ0n) is 9.40. The van der Waals surface area contributed by atoms with Gasteiger partial charge in [0.25, 0.3) is 11.5 Å². The van der Waals surface area contributed by atoms with Gasteiger partial charge < -0.3 is 10.1 Å². The lowest BCUT2D eigenvalue weighted by Gasteiger charge is -2.08. The van der Waals surface area contributed by atoms with E-state index < -0.39 is 0 Å². The first-order valence-corrected chi connectivity index (χ1v) is 6.02. The monoisotopic (exact) mass is 303 g/mol. The highest BCUT2D eigenvalue weighted by atomic mass is 79.9. The second-order valence-electron chi connectivity index (χ2n) is 3.40. The molecule has 0 aliphatic rings. The summed E-state index contributed by atoms with van der Waals surface area (Å²) in [4.78, 5) is 22.5. The second kappa shape index (κ2) is 7.18. The number of nitrogens with one attached hydrogen (secondary N) is 2. The Hall–Kier alpha value is -1.21. The molecular formula is C10H14BrN3O3. The zero-order chi connectivity index (χ0) is 12.7. The van der Waals surface area contributed by atoms with E-state index in [2.05, 4.69) is 31.4 Å². The molecule has 17 heavy (non-hydrogen) atoms. The van der Waals surface area contributed by atoms with E-state index in [0.29, 0.717) is 13.2 Å². The minimum Gasteiger partial charge on any atom is -0.384 e. The van der Waals surface area contributed by atoms with Gasteiger partial charge in [-0.1, -0.05) is 15.9 Å². The van der Waals surface area contributed by atoms with Crippen molar-refractivity contribution in [1.29, 1.82) is 0 Å². The van der Waals surface area contributed by atoms with E-state index in [1.54, 1.807) is 7.11 Å². The van der Waals surface area contributed by atoms with Gasteiger partial charge >= 0.3 is 0 Å². The fourth-order valence-electron chi connectivity index (χ4n) is 1.17. The van der Waals surface area contributed by atoms with Crippen molar-refractivity contribution < 1.29 is 9.53 Å². The maximum Gasteiger partial charge on any atom is 0.271 e. The third-order valence-corrected chi connectivity index (χ3v) is 2.72. The van der Waals surface area contributed by atoms with Crippen LogP contribution in [-0.2, 0) is 4.74 Å². The molecule has 0 saturated carbocycles. The van der Waals surface area contributed by atoms with Crippen molar-refractivity contribution >= 4 is 21.8 Å². The minimum atomic E-state index is -0.331. The highest BCUT2D eigenvalue weighted by molar-refractivity contribution is 9.09. The topological polar surface area (TPSA) is 84.1 Å². The Labute approximate surface area is 107 Å². The number of alkyl halides is 1. The molecule has 1 atom stereocenters. The number of methoxy groups -OCH3 is 1. The van der Waals surface area contributed by atoms with Crippen LogP contribution in [0, 0.1) is 0 Å². The summed E-state index contributed by atoms with van der Waals surface area (Å²) < 4.78 is 4.95. The number of ether oxygens (including phenoxy) is 1. The van der Waals surface area contributed by atoms with Crippen molar-refractivity contribution in [2.45, 2.75) is 11.2 Å². The quantitative estimate of drug-likeness (QED) is 0.740. The molecule has 1 rings (SSSR count). The lowest BCUT2D eigenvalue weighted by molar-refractivity contribution is 0.0946. The number of rotatable bonds is 6. The average molecular weight is 304 g/mol. The Bertz CT molecular complexity index is 401. The van der Waals surface area contributed by atoms with Crippen LogP contribution in [0.2, 0.25) is 0 Å². The molecule has 1 amide bonds. The van der Waals surface area contributed by atoms with Crippen molar-refractivity contribution in [3.63, 3.8) is 0 Å². The van der Waals surface area contributed by atoms with Crippen LogP contribution >= 0.6 is 15.9 Å². The molecule has 0 radical (unpaired) electrons. The second-order valence-corrected chi connectivity index (χ2v) is 4.70. The third kappa shape index (κ3) is 5.10. The first kappa shape index (κ1) is 13.9. The number of aromatic amines is 1. The SMILES string of the molecule is COCC(Br)CCNC(=O)c1ccc(=O)[nH]n1. The van der Waals surface area contributed by atoms with Gasteiger partial charge in [-0.25, -0.2) is 5.10 Å². The normalized spacial score (nSPS) is 12.1. The van der Waals surface area contributed by atoms with Crippen molar-refractivity contribution in [2.24, 2.45) is 0 Å². The number of hydrogen-bond donors (Lipinski definition) is 2. The van der Waals surface area contributed by atoms with Crippen LogP contribution < -0.4 is 10.9 Å². The number of hydrogen-bond acceptors (Lipinski definition) is 4. The van der Waals surface area contributed by atoms with Gasteiger partial charge in [0.1, 0.15) is 5.69 Å². The van der Waals surface area contributed by atoms with Crippen molar-refractivity contribution in [3.8, 4) is 0 Å². The highest BCUT2D eigenvalue weighted by Gasteiger charge is 2.08. The summed E-state index contributed by atoms with van der Waals surface area (Å²) in [6.45, 7) is 1.10. The first-order valence-electron chi connectivity index (χ1n) is 5.10. The molecule has 0 saturated heterocycles. The molecule has 94 valence electrons. The fraction of sp³-hybridized carbons (Fsp3) is 0.500. The Morgan fingerprint density at radius 1 is 1.65 bits per heavy atom. The van der Waals surface area contributed by atoms with Gasteiger partial charge in [-0.3, -0.25) is 9.59 Å². The van der Waals surface area contributed by atoms with Crippen LogP contribution in [-0.4, -0.2) is 41.2 Å². The van der Waals surface area contributed by atoms with Crippen LogP contribution in [0.4, 0.5) is 0 Å². The van der Waals surface area contributed by atoms with Crippen LogP contribution in [0.15, 0.2) is 16.9 Å². The number of nitrogens with zero attached hydrogens (tertiary/aromatic N) is 1. The Morgan fingerprint density at radius 2 is 2.41 bits per heavy atom. The molecule has 1 aromatic rings. The summed E-state index contributed by atoms with van der Waals surface area (Å²) in [5, 5.41) is 8.53. The molecule has 2 N–H and O–H groups in total. The summed E-state index contributed by atoms with van der Waals surface area (Å²) in [6.07, 6.45) is 0.753. The zero-order valence-corrected chi connectivity index (χ0v) is 11.0. The number of amides is 1. The van der Waals surface area contributed by atoms with Crippen LogP contribution in [0.5, 0.6) is 0 Å². The molecule has 1 unspecified atom stereocenters. The molecule has 6 nitrogen and oxygen atoms in total. The summed E-state index contributed by atoms with van der Waals surface area (Å²) in [5.74, 6) is -0.307. The number of carbonyl (C=O) groups is 1. The Balaban J connectivity index is 2.35. The predicted octanol–water partition coefficient (Wildman–Crippen LogP) is 0.300. The van der Waals surface area contributed by atoms with Gasteiger partial charge in [-0.05, 0) is 12.5 Å². The molecule has 0 spiro atoms. The van der Waals surface area contributed by atoms with E-state index in [1.807, 2.05) is 0 Å². The molecule has 0 aromatic carbocycles. The summed E-state index contributed by atoms with van der Waals surface area (Å²) >= 11 is 3.41. The lowest BCUT2D eigenvalue weighted by Crippen LogP contribution is -2.28. The lowest BCUT2D eigenvalue weighted by atomic mass is 10.3. The van der Waals surface area contributed by atoms with E-state index in [9.17, 15) is 9.59 Å². The number of aromatic nitrogens is 2. The number of halogens is 1. The smallest absolute Gasteiger partial charge is 0.271 e. The van der Waals surface area contributed by atoms with Gasteiger partial charge in [-0.2, -0.15) is 5.10 Å². The highest BCUT2D eigenvalue weighted by Crippen LogP contribution is 2.03. The summed E-state index contributed by atoms with van der Waals surface area (Å²) in [6, 6.07) is 2.65. The average Bonchev–Trinajstić information content (AvgIpc) is 2.30. The van der Waals surface area contributed by atoms with Crippen LogP contribution in [0.1, 0.15) is 16.9 Å². The minimum absolute atomic E-state index is 0.197.